The van der Waals surface area contributed by atoms with Crippen molar-refractivity contribution in [3.05, 3.63) is 29.5 Å². The normalized spacial score (nSPS) is 10.4. The molecule has 0 aliphatic rings. The molecule has 7 nitrogen and oxygen atoms in total. The average molecular weight is 295 g/mol. The van der Waals surface area contributed by atoms with Gasteiger partial charge in [0.25, 0.3) is 0 Å². The number of urea groups is 1. The first-order valence-electron chi connectivity index (χ1n) is 6.24. The lowest BCUT2D eigenvalue weighted by Crippen LogP contribution is -2.38. The fraction of sp³-hybridized carbons (Fsp3) is 0.417. The topological polar surface area (TPSA) is 81.1 Å². The molecule has 0 atom stereocenters. The predicted octanol–water partition coefficient (Wildman–Crippen LogP) is 0.817. The molecular weight excluding hydrogens is 278 g/mol. The van der Waals surface area contributed by atoms with E-state index in [1.165, 1.54) is 11.3 Å². The Bertz CT molecular complexity index is 526. The Labute approximate surface area is 121 Å². The molecule has 2 heterocycles. The van der Waals surface area contributed by atoms with E-state index < -0.39 is 0 Å². The number of rotatable bonds is 7. The van der Waals surface area contributed by atoms with Gasteiger partial charge in [-0.3, -0.25) is 0 Å². The van der Waals surface area contributed by atoms with Crippen molar-refractivity contribution in [3.63, 3.8) is 0 Å². The highest BCUT2D eigenvalue weighted by Gasteiger charge is 2.05. The molecule has 2 N–H and O–H groups in total. The number of nitrogens with one attached hydrogen (secondary N) is 2. The van der Waals surface area contributed by atoms with E-state index in [-0.39, 0.29) is 6.03 Å². The third-order valence-electron chi connectivity index (χ3n) is 2.50. The van der Waals surface area contributed by atoms with Crippen molar-refractivity contribution >= 4 is 17.4 Å². The summed E-state index contributed by atoms with van der Waals surface area (Å²) in [6, 6.07) is 1.66. The second-order valence-corrected chi connectivity index (χ2v) is 4.83. The molecule has 20 heavy (non-hydrogen) atoms. The van der Waals surface area contributed by atoms with Crippen molar-refractivity contribution in [2.75, 3.05) is 26.8 Å². The molecule has 108 valence electrons. The van der Waals surface area contributed by atoms with Gasteiger partial charge in [-0.1, -0.05) is 0 Å². The van der Waals surface area contributed by atoms with E-state index in [2.05, 4.69) is 20.7 Å². The Hall–Kier alpha value is -1.93. The summed E-state index contributed by atoms with van der Waals surface area (Å²) in [5, 5.41) is 12.4. The van der Waals surface area contributed by atoms with Gasteiger partial charge in [0, 0.05) is 44.4 Å². The van der Waals surface area contributed by atoms with Gasteiger partial charge in [0.05, 0.1) is 12.3 Å². The Kier molecular flexibility index (Phi) is 5.51. The lowest BCUT2D eigenvalue weighted by molar-refractivity contribution is 0.196. The summed E-state index contributed by atoms with van der Waals surface area (Å²) in [4.78, 5) is 15.8. The maximum Gasteiger partial charge on any atom is 0.314 e. The maximum atomic E-state index is 11.4. The summed E-state index contributed by atoms with van der Waals surface area (Å²) in [6.45, 7) is 1.55. The molecule has 0 saturated carbocycles. The van der Waals surface area contributed by atoms with Crippen molar-refractivity contribution in [1.82, 2.24) is 25.4 Å². The van der Waals surface area contributed by atoms with Gasteiger partial charge < -0.3 is 15.4 Å². The number of carbonyl (C=O) groups excluding carboxylic acids is 1. The molecule has 2 rings (SSSR count). The Morgan fingerprint density at radius 2 is 2.30 bits per heavy atom. The highest BCUT2D eigenvalue weighted by atomic mass is 32.1. The molecule has 0 spiro atoms. The van der Waals surface area contributed by atoms with E-state index >= 15 is 0 Å². The van der Waals surface area contributed by atoms with Gasteiger partial charge >= 0.3 is 6.03 Å². The molecular formula is C12H17N5O2S. The molecule has 2 amide bonds. The van der Waals surface area contributed by atoms with Crippen LogP contribution in [0, 0.1) is 0 Å². The Morgan fingerprint density at radius 1 is 1.45 bits per heavy atom. The molecule has 0 fully saturated rings. The Balaban J connectivity index is 1.71. The van der Waals surface area contributed by atoms with Crippen molar-refractivity contribution < 1.29 is 9.53 Å². The van der Waals surface area contributed by atoms with Gasteiger partial charge in [-0.15, -0.1) is 11.3 Å². The zero-order valence-corrected chi connectivity index (χ0v) is 12.0. The second-order valence-electron chi connectivity index (χ2n) is 4.00. The molecule has 0 aliphatic carbocycles. The van der Waals surface area contributed by atoms with Crippen LogP contribution in [0.1, 0.15) is 5.69 Å². The van der Waals surface area contributed by atoms with Gasteiger partial charge in [-0.25, -0.2) is 14.5 Å². The molecule has 2 aromatic rings. The number of aromatic nitrogens is 3. The number of carbonyl (C=O) groups is 1. The van der Waals surface area contributed by atoms with Gasteiger partial charge in [0.2, 0.25) is 5.13 Å². The summed E-state index contributed by atoms with van der Waals surface area (Å²) in [5.41, 5.74) is 0.942. The van der Waals surface area contributed by atoms with Crippen LogP contribution in [0.25, 0.3) is 5.13 Å². The molecule has 0 aromatic carbocycles. The minimum atomic E-state index is -0.190. The molecule has 0 aliphatic heterocycles. The highest BCUT2D eigenvalue weighted by molar-refractivity contribution is 7.12. The van der Waals surface area contributed by atoms with E-state index in [9.17, 15) is 4.79 Å². The van der Waals surface area contributed by atoms with Crippen LogP contribution >= 0.6 is 11.3 Å². The first-order valence-corrected chi connectivity index (χ1v) is 7.12. The van der Waals surface area contributed by atoms with Crippen LogP contribution in [0.2, 0.25) is 0 Å². The number of ether oxygens (including phenoxy) is 1. The van der Waals surface area contributed by atoms with Crippen molar-refractivity contribution in [1.29, 1.82) is 0 Å². The van der Waals surface area contributed by atoms with Gasteiger partial charge in [-0.05, 0) is 6.07 Å². The van der Waals surface area contributed by atoms with Crippen LogP contribution in [0.4, 0.5) is 4.79 Å². The third kappa shape index (κ3) is 4.32. The SMILES string of the molecule is COCCNC(=O)NCCc1csc(-n2cccn2)n1. The van der Waals surface area contributed by atoms with Crippen LogP contribution in [0.5, 0.6) is 0 Å². The molecule has 8 heteroatoms. The lowest BCUT2D eigenvalue weighted by Gasteiger charge is -2.05. The summed E-state index contributed by atoms with van der Waals surface area (Å²) >= 11 is 1.53. The first-order chi connectivity index (χ1) is 9.79. The van der Waals surface area contributed by atoms with Crippen molar-refractivity contribution in [2.45, 2.75) is 6.42 Å². The van der Waals surface area contributed by atoms with E-state index in [0.717, 1.165) is 10.8 Å². The monoisotopic (exact) mass is 295 g/mol. The van der Waals surface area contributed by atoms with E-state index in [1.807, 2.05) is 17.6 Å². The number of hydrogen-bond donors (Lipinski definition) is 2. The van der Waals surface area contributed by atoms with E-state index in [1.54, 1.807) is 18.0 Å². The number of thiazole rings is 1. The van der Waals surface area contributed by atoms with Crippen LogP contribution in [0.15, 0.2) is 23.8 Å². The van der Waals surface area contributed by atoms with Crippen LogP contribution in [0.3, 0.4) is 0 Å². The molecule has 0 saturated heterocycles. The number of hydrogen-bond acceptors (Lipinski definition) is 5. The highest BCUT2D eigenvalue weighted by Crippen LogP contribution is 2.13. The zero-order valence-electron chi connectivity index (χ0n) is 11.2. The summed E-state index contributed by atoms with van der Waals surface area (Å²) in [5.74, 6) is 0. The van der Waals surface area contributed by atoms with Crippen molar-refractivity contribution in [3.8, 4) is 5.13 Å². The quantitative estimate of drug-likeness (QED) is 0.741. The molecule has 0 unspecified atom stereocenters. The van der Waals surface area contributed by atoms with Gasteiger partial charge in [-0.2, -0.15) is 5.10 Å². The fourth-order valence-electron chi connectivity index (χ4n) is 1.53. The molecule has 2 aromatic heterocycles. The van der Waals surface area contributed by atoms with E-state index in [0.29, 0.717) is 26.1 Å². The minimum absolute atomic E-state index is 0.190. The van der Waals surface area contributed by atoms with Crippen LogP contribution < -0.4 is 10.6 Å². The predicted molar refractivity (Wildman–Crippen MR) is 76.2 cm³/mol. The second kappa shape index (κ2) is 7.61. The minimum Gasteiger partial charge on any atom is -0.383 e. The van der Waals surface area contributed by atoms with Crippen LogP contribution in [-0.4, -0.2) is 47.6 Å². The fourth-order valence-corrected chi connectivity index (χ4v) is 2.33. The zero-order chi connectivity index (χ0) is 14.2. The largest absolute Gasteiger partial charge is 0.383 e. The van der Waals surface area contributed by atoms with Crippen molar-refractivity contribution in [2.24, 2.45) is 0 Å². The van der Waals surface area contributed by atoms with Gasteiger partial charge in [0.1, 0.15) is 0 Å². The number of nitrogens with zero attached hydrogens (tertiary/aromatic N) is 3. The molecule has 0 radical (unpaired) electrons. The third-order valence-corrected chi connectivity index (χ3v) is 3.38. The standard InChI is InChI=1S/C12H17N5O2S/c1-19-8-6-14-11(18)13-5-3-10-9-20-12(16-10)17-7-2-4-15-17/h2,4,7,9H,3,5-6,8H2,1H3,(H2,13,14,18). The lowest BCUT2D eigenvalue weighted by atomic mass is 10.3. The Morgan fingerprint density at radius 3 is 3.05 bits per heavy atom. The summed E-state index contributed by atoms with van der Waals surface area (Å²) in [6.07, 6.45) is 4.26. The summed E-state index contributed by atoms with van der Waals surface area (Å²) < 4.78 is 6.57. The maximum absolute atomic E-state index is 11.4. The number of amides is 2. The summed E-state index contributed by atoms with van der Waals surface area (Å²) in [7, 11) is 1.60. The molecule has 0 bridgehead atoms. The number of methoxy groups -OCH3 is 1. The average Bonchev–Trinajstić information content (AvgIpc) is 3.09. The van der Waals surface area contributed by atoms with Gasteiger partial charge in [0.15, 0.2) is 0 Å². The smallest absolute Gasteiger partial charge is 0.314 e. The first kappa shape index (κ1) is 14.5. The van der Waals surface area contributed by atoms with E-state index in [4.69, 9.17) is 4.74 Å². The van der Waals surface area contributed by atoms with Crippen LogP contribution in [-0.2, 0) is 11.2 Å².